The van der Waals surface area contributed by atoms with Crippen LogP contribution in [0.15, 0.2) is 0 Å². The Morgan fingerprint density at radius 3 is 2.43 bits per heavy atom. The number of hydrogen-bond acceptors (Lipinski definition) is 2. The fraction of sp³-hybridized carbons (Fsp3) is 0.950. The third-order valence-electron chi connectivity index (χ3n) is 5.31. The van der Waals surface area contributed by atoms with Gasteiger partial charge in [-0.2, -0.15) is 0 Å². The van der Waals surface area contributed by atoms with Gasteiger partial charge in [0.1, 0.15) is 0 Å². The van der Waals surface area contributed by atoms with Crippen molar-refractivity contribution in [3.63, 3.8) is 0 Å². The Bertz CT molecular complexity index is 293. The van der Waals surface area contributed by atoms with Crippen molar-refractivity contribution >= 4 is 5.97 Å². The number of aliphatic carboxylic acids is 1. The van der Waals surface area contributed by atoms with Crippen molar-refractivity contribution in [1.82, 2.24) is 5.32 Å². The molecule has 0 aromatic heterocycles. The fourth-order valence-corrected chi connectivity index (χ4v) is 3.87. The first kappa shape index (κ1) is 20.5. The molecular formula is C20H39NO2. The van der Waals surface area contributed by atoms with Gasteiger partial charge < -0.3 is 10.4 Å². The lowest BCUT2D eigenvalue weighted by atomic mass is 9.81. The molecule has 136 valence electrons. The van der Waals surface area contributed by atoms with E-state index in [0.29, 0.717) is 6.42 Å². The molecule has 0 aromatic carbocycles. The molecule has 3 heteroatoms. The maximum atomic E-state index is 10.5. The van der Waals surface area contributed by atoms with Gasteiger partial charge in [-0.3, -0.25) is 4.79 Å². The van der Waals surface area contributed by atoms with Crippen LogP contribution in [-0.4, -0.2) is 23.7 Å². The summed E-state index contributed by atoms with van der Waals surface area (Å²) in [6.07, 6.45) is 18.4. The second-order valence-corrected chi connectivity index (χ2v) is 7.37. The van der Waals surface area contributed by atoms with Crippen LogP contribution in [0.2, 0.25) is 0 Å². The highest BCUT2D eigenvalue weighted by Crippen LogP contribution is 2.29. The largest absolute Gasteiger partial charge is 0.481 e. The molecule has 1 saturated carbocycles. The first-order chi connectivity index (χ1) is 11.2. The van der Waals surface area contributed by atoms with E-state index in [9.17, 15) is 4.79 Å². The topological polar surface area (TPSA) is 49.3 Å². The normalized spacial score (nSPS) is 21.4. The molecule has 0 aromatic rings. The van der Waals surface area contributed by atoms with Crippen LogP contribution < -0.4 is 5.32 Å². The van der Waals surface area contributed by atoms with Gasteiger partial charge in [0, 0.05) is 12.5 Å². The molecule has 1 aliphatic carbocycles. The summed E-state index contributed by atoms with van der Waals surface area (Å²) in [5, 5.41) is 12.5. The average molecular weight is 326 g/mol. The minimum absolute atomic E-state index is 0.339. The molecule has 1 rings (SSSR count). The van der Waals surface area contributed by atoms with Gasteiger partial charge in [0.15, 0.2) is 0 Å². The summed E-state index contributed by atoms with van der Waals surface area (Å²) in [6, 6.07) is 0.744. The number of carbonyl (C=O) groups is 1. The second kappa shape index (κ2) is 13.8. The molecule has 23 heavy (non-hydrogen) atoms. The lowest BCUT2D eigenvalue weighted by Crippen LogP contribution is -2.39. The molecule has 2 atom stereocenters. The molecule has 0 spiro atoms. The third-order valence-corrected chi connectivity index (χ3v) is 5.31. The minimum Gasteiger partial charge on any atom is -0.481 e. The highest BCUT2D eigenvalue weighted by molar-refractivity contribution is 5.66. The molecule has 0 aliphatic heterocycles. The van der Waals surface area contributed by atoms with Crippen molar-refractivity contribution < 1.29 is 9.90 Å². The highest BCUT2D eigenvalue weighted by atomic mass is 16.4. The van der Waals surface area contributed by atoms with E-state index in [1.165, 1.54) is 83.6 Å². The Hall–Kier alpha value is -0.570. The Labute approximate surface area is 143 Å². The summed E-state index contributed by atoms with van der Waals surface area (Å²) in [6.45, 7) is 3.47. The molecule has 0 unspecified atom stereocenters. The first-order valence-corrected chi connectivity index (χ1v) is 10.2. The number of nitrogens with one attached hydrogen (secondary N) is 1. The van der Waals surface area contributed by atoms with Gasteiger partial charge in [-0.05, 0) is 44.6 Å². The van der Waals surface area contributed by atoms with Crippen LogP contribution in [0, 0.1) is 5.92 Å². The molecule has 0 amide bonds. The fourth-order valence-electron chi connectivity index (χ4n) is 3.87. The number of unbranched alkanes of at least 4 members (excludes halogenated alkanes) is 7. The molecule has 0 bridgehead atoms. The van der Waals surface area contributed by atoms with Gasteiger partial charge in [0.2, 0.25) is 0 Å². The summed E-state index contributed by atoms with van der Waals surface area (Å²) in [7, 11) is 0. The quantitative estimate of drug-likeness (QED) is 0.413. The molecule has 3 nitrogen and oxygen atoms in total. The van der Waals surface area contributed by atoms with E-state index in [0.717, 1.165) is 24.8 Å². The van der Waals surface area contributed by atoms with Crippen LogP contribution in [0.3, 0.4) is 0 Å². The van der Waals surface area contributed by atoms with Gasteiger partial charge >= 0.3 is 5.97 Å². The summed E-state index contributed by atoms with van der Waals surface area (Å²) >= 11 is 0. The van der Waals surface area contributed by atoms with E-state index in [1.807, 2.05) is 0 Å². The maximum absolute atomic E-state index is 10.5. The summed E-state index contributed by atoms with van der Waals surface area (Å²) < 4.78 is 0. The van der Waals surface area contributed by atoms with Crippen LogP contribution >= 0.6 is 0 Å². The first-order valence-electron chi connectivity index (χ1n) is 10.2. The molecule has 0 heterocycles. The van der Waals surface area contributed by atoms with Crippen LogP contribution in [0.25, 0.3) is 0 Å². The summed E-state index contributed by atoms with van der Waals surface area (Å²) in [4.78, 5) is 10.5. The van der Waals surface area contributed by atoms with Crippen molar-refractivity contribution in [3.8, 4) is 0 Å². The molecule has 0 saturated heterocycles. The van der Waals surface area contributed by atoms with Gasteiger partial charge in [-0.25, -0.2) is 0 Å². The van der Waals surface area contributed by atoms with Crippen molar-refractivity contribution in [3.05, 3.63) is 0 Å². The van der Waals surface area contributed by atoms with Crippen molar-refractivity contribution in [2.75, 3.05) is 6.54 Å². The van der Waals surface area contributed by atoms with Crippen LogP contribution in [0.4, 0.5) is 0 Å². The Balaban J connectivity index is 2.07. The van der Waals surface area contributed by atoms with E-state index in [1.54, 1.807) is 0 Å². The van der Waals surface area contributed by atoms with E-state index in [4.69, 9.17) is 5.11 Å². The van der Waals surface area contributed by atoms with E-state index in [2.05, 4.69) is 12.2 Å². The van der Waals surface area contributed by atoms with Gasteiger partial charge in [0.25, 0.3) is 0 Å². The zero-order valence-corrected chi connectivity index (χ0v) is 15.3. The predicted molar refractivity (Wildman–Crippen MR) is 97.8 cm³/mol. The number of carboxylic acids is 1. The van der Waals surface area contributed by atoms with Gasteiger partial charge in [0.05, 0.1) is 0 Å². The number of carboxylic acid groups (broad SMARTS) is 1. The third kappa shape index (κ3) is 10.8. The van der Waals surface area contributed by atoms with Gasteiger partial charge in [-0.15, -0.1) is 0 Å². The maximum Gasteiger partial charge on any atom is 0.303 e. The molecule has 1 aliphatic rings. The predicted octanol–water partition coefficient (Wildman–Crippen LogP) is 5.53. The number of hydrogen-bond donors (Lipinski definition) is 2. The number of rotatable bonds is 14. The Kier molecular flexibility index (Phi) is 12.3. The van der Waals surface area contributed by atoms with E-state index >= 15 is 0 Å². The lowest BCUT2D eigenvalue weighted by molar-refractivity contribution is -0.137. The second-order valence-electron chi connectivity index (χ2n) is 7.37. The van der Waals surface area contributed by atoms with Crippen molar-refractivity contribution in [2.24, 2.45) is 5.92 Å². The summed E-state index contributed by atoms with van der Waals surface area (Å²) in [5.41, 5.74) is 0. The van der Waals surface area contributed by atoms with Crippen LogP contribution in [0.1, 0.15) is 103 Å². The van der Waals surface area contributed by atoms with Gasteiger partial charge in [-0.1, -0.05) is 64.7 Å². The highest BCUT2D eigenvalue weighted by Gasteiger charge is 2.23. The molecule has 0 radical (unpaired) electrons. The zero-order chi connectivity index (χ0) is 16.8. The average Bonchev–Trinajstić information content (AvgIpc) is 2.55. The van der Waals surface area contributed by atoms with Crippen LogP contribution in [0.5, 0.6) is 0 Å². The smallest absolute Gasteiger partial charge is 0.303 e. The molecule has 2 N–H and O–H groups in total. The minimum atomic E-state index is -0.652. The molecular weight excluding hydrogens is 286 g/mol. The zero-order valence-electron chi connectivity index (χ0n) is 15.3. The monoisotopic (exact) mass is 325 g/mol. The van der Waals surface area contributed by atoms with E-state index < -0.39 is 5.97 Å². The standard InChI is InChI=1S/C20H39NO2/c1-2-3-4-7-12-17-21-19-15-11-10-14-18(19)13-8-5-6-9-16-20(22)23/h18-19,21H,2-17H2,1H3,(H,22,23)/t18-,19+/m1/s1. The van der Waals surface area contributed by atoms with Crippen molar-refractivity contribution in [2.45, 2.75) is 109 Å². The Morgan fingerprint density at radius 1 is 0.957 bits per heavy atom. The summed E-state index contributed by atoms with van der Waals surface area (Å²) in [5.74, 6) is 0.208. The van der Waals surface area contributed by atoms with Crippen LogP contribution in [-0.2, 0) is 4.79 Å². The van der Waals surface area contributed by atoms with E-state index in [-0.39, 0.29) is 0 Å². The Morgan fingerprint density at radius 2 is 1.65 bits per heavy atom. The lowest BCUT2D eigenvalue weighted by Gasteiger charge is -2.32. The molecule has 1 fully saturated rings. The van der Waals surface area contributed by atoms with Crippen molar-refractivity contribution in [1.29, 1.82) is 0 Å². The SMILES string of the molecule is CCCCCCCN[C@H]1CCCC[C@H]1CCCCCCC(=O)O.